The number of rotatable bonds is 5. The topological polar surface area (TPSA) is 80.0 Å². The van der Waals surface area contributed by atoms with Crippen molar-refractivity contribution in [2.45, 2.75) is 38.3 Å². The fourth-order valence-electron chi connectivity index (χ4n) is 3.77. The number of aromatic nitrogens is 3. The summed E-state index contributed by atoms with van der Waals surface area (Å²) in [6.07, 6.45) is 4.12. The van der Waals surface area contributed by atoms with Crippen molar-refractivity contribution in [3.63, 3.8) is 0 Å². The molecule has 1 fully saturated rings. The van der Waals surface area contributed by atoms with E-state index >= 15 is 0 Å². The van der Waals surface area contributed by atoms with Gasteiger partial charge in [-0.2, -0.15) is 0 Å². The molecule has 0 aliphatic heterocycles. The number of nitrogens with one attached hydrogen (secondary N) is 1. The van der Waals surface area contributed by atoms with Crippen molar-refractivity contribution in [1.82, 2.24) is 19.9 Å². The normalized spacial score (nSPS) is 20.3. The van der Waals surface area contributed by atoms with E-state index in [0.717, 1.165) is 42.4 Å². The van der Waals surface area contributed by atoms with Gasteiger partial charge in [0.15, 0.2) is 5.82 Å². The number of carbonyl (C=O) groups is 1. The van der Waals surface area contributed by atoms with E-state index in [0.29, 0.717) is 5.82 Å². The van der Waals surface area contributed by atoms with Crippen LogP contribution in [-0.4, -0.2) is 38.2 Å². The summed E-state index contributed by atoms with van der Waals surface area (Å²) in [4.78, 5) is 21.8. The highest BCUT2D eigenvalue weighted by Crippen LogP contribution is 2.26. The molecule has 0 spiro atoms. The highest BCUT2D eigenvalue weighted by atomic mass is 32.1. The first-order chi connectivity index (χ1) is 12.8. The summed E-state index contributed by atoms with van der Waals surface area (Å²) in [6, 6.07) is 7.87. The molecule has 7 heteroatoms. The van der Waals surface area contributed by atoms with Crippen molar-refractivity contribution in [3.8, 4) is 11.5 Å². The van der Waals surface area contributed by atoms with Crippen molar-refractivity contribution >= 4 is 28.3 Å². The average Bonchev–Trinajstić information content (AvgIpc) is 3.30. The molecule has 26 heavy (non-hydrogen) atoms. The van der Waals surface area contributed by atoms with E-state index in [2.05, 4.69) is 15.3 Å². The van der Waals surface area contributed by atoms with Crippen LogP contribution in [0.3, 0.4) is 0 Å². The number of fused-ring (bicyclic) bond motifs is 1. The zero-order valence-corrected chi connectivity index (χ0v) is 15.3. The summed E-state index contributed by atoms with van der Waals surface area (Å²) in [5, 5.41) is 14.6. The Hall–Kier alpha value is -2.25. The molecule has 2 heterocycles. The number of aliphatic hydroxyl groups is 1. The molecule has 136 valence electrons. The van der Waals surface area contributed by atoms with Gasteiger partial charge in [-0.15, -0.1) is 11.3 Å². The van der Waals surface area contributed by atoms with Crippen LogP contribution in [-0.2, 0) is 11.3 Å². The second-order valence-electron chi connectivity index (χ2n) is 6.79. The quantitative estimate of drug-likeness (QED) is 0.724. The lowest BCUT2D eigenvalue weighted by molar-refractivity contribution is -0.123. The van der Waals surface area contributed by atoms with Gasteiger partial charge in [-0.1, -0.05) is 25.0 Å². The first kappa shape index (κ1) is 17.2. The second-order valence-corrected chi connectivity index (χ2v) is 7.50. The lowest BCUT2D eigenvalue weighted by Crippen LogP contribution is -2.44. The maximum atomic E-state index is 12.7. The lowest BCUT2D eigenvalue weighted by atomic mass is 9.85. The van der Waals surface area contributed by atoms with Gasteiger partial charge in [-0.3, -0.25) is 4.79 Å². The molecule has 0 saturated heterocycles. The SMILES string of the molecule is O=C(Cn1c(-c2cscn2)nc2ccccc21)N[C@H]1CCCC[C@@H]1CO. The summed E-state index contributed by atoms with van der Waals surface area (Å²) in [6.45, 7) is 0.324. The van der Waals surface area contributed by atoms with Gasteiger partial charge in [0.1, 0.15) is 12.2 Å². The molecule has 0 unspecified atom stereocenters. The molecule has 1 saturated carbocycles. The van der Waals surface area contributed by atoms with Gasteiger partial charge in [0.05, 0.1) is 16.5 Å². The molecule has 0 radical (unpaired) electrons. The van der Waals surface area contributed by atoms with Crippen LogP contribution in [0.25, 0.3) is 22.6 Å². The minimum atomic E-state index is -0.0463. The molecule has 4 rings (SSSR count). The number of nitrogens with zero attached hydrogens (tertiary/aromatic N) is 3. The Morgan fingerprint density at radius 3 is 2.96 bits per heavy atom. The van der Waals surface area contributed by atoms with E-state index in [1.807, 2.05) is 34.2 Å². The Bertz CT molecular complexity index is 890. The number of para-hydroxylation sites is 2. The molecule has 6 nitrogen and oxygen atoms in total. The maximum Gasteiger partial charge on any atom is 0.240 e. The van der Waals surface area contributed by atoms with Crippen LogP contribution >= 0.6 is 11.3 Å². The molecular weight excluding hydrogens is 348 g/mol. The monoisotopic (exact) mass is 370 g/mol. The number of aliphatic hydroxyl groups excluding tert-OH is 1. The van der Waals surface area contributed by atoms with E-state index in [1.165, 1.54) is 11.3 Å². The van der Waals surface area contributed by atoms with E-state index in [1.54, 1.807) is 5.51 Å². The predicted molar refractivity (Wildman–Crippen MR) is 102 cm³/mol. The Morgan fingerprint density at radius 1 is 1.31 bits per heavy atom. The molecule has 1 amide bonds. The Morgan fingerprint density at radius 2 is 2.15 bits per heavy atom. The predicted octanol–water partition coefficient (Wildman–Crippen LogP) is 2.83. The van der Waals surface area contributed by atoms with Crippen LogP contribution in [0.2, 0.25) is 0 Å². The highest BCUT2D eigenvalue weighted by Gasteiger charge is 2.26. The number of thiazole rings is 1. The third-order valence-electron chi connectivity index (χ3n) is 5.11. The summed E-state index contributed by atoms with van der Waals surface area (Å²) in [5.74, 6) is 0.824. The molecule has 1 aliphatic rings. The third kappa shape index (κ3) is 3.37. The minimum Gasteiger partial charge on any atom is -0.396 e. The average molecular weight is 370 g/mol. The van der Waals surface area contributed by atoms with Crippen LogP contribution < -0.4 is 5.32 Å². The first-order valence-electron chi connectivity index (χ1n) is 9.00. The van der Waals surface area contributed by atoms with Gasteiger partial charge in [0.2, 0.25) is 5.91 Å². The van der Waals surface area contributed by atoms with E-state index in [-0.39, 0.29) is 31.0 Å². The lowest BCUT2D eigenvalue weighted by Gasteiger charge is -2.31. The summed E-state index contributed by atoms with van der Waals surface area (Å²) in [7, 11) is 0. The van der Waals surface area contributed by atoms with Gasteiger partial charge in [-0.05, 0) is 25.0 Å². The van der Waals surface area contributed by atoms with Crippen LogP contribution in [0.1, 0.15) is 25.7 Å². The van der Waals surface area contributed by atoms with Gasteiger partial charge in [-0.25, -0.2) is 9.97 Å². The number of amides is 1. The van der Waals surface area contributed by atoms with Gasteiger partial charge in [0, 0.05) is 23.9 Å². The van der Waals surface area contributed by atoms with Crippen LogP contribution in [0, 0.1) is 5.92 Å². The van der Waals surface area contributed by atoms with Crippen molar-refractivity contribution in [1.29, 1.82) is 0 Å². The number of benzene rings is 1. The van der Waals surface area contributed by atoms with Crippen LogP contribution in [0.4, 0.5) is 0 Å². The van der Waals surface area contributed by atoms with Crippen molar-refractivity contribution < 1.29 is 9.90 Å². The van der Waals surface area contributed by atoms with Crippen molar-refractivity contribution in [3.05, 3.63) is 35.2 Å². The van der Waals surface area contributed by atoms with Crippen LogP contribution in [0.5, 0.6) is 0 Å². The summed E-state index contributed by atoms with van der Waals surface area (Å²) < 4.78 is 1.93. The van der Waals surface area contributed by atoms with Gasteiger partial charge >= 0.3 is 0 Å². The number of imidazole rings is 1. The molecule has 3 aromatic rings. The molecular formula is C19H22N4O2S. The van der Waals surface area contributed by atoms with Crippen LogP contribution in [0.15, 0.2) is 35.2 Å². The minimum absolute atomic E-state index is 0.0463. The molecule has 1 aliphatic carbocycles. The zero-order valence-electron chi connectivity index (χ0n) is 14.5. The van der Waals surface area contributed by atoms with E-state index in [9.17, 15) is 9.90 Å². The molecule has 1 aromatic carbocycles. The highest BCUT2D eigenvalue weighted by molar-refractivity contribution is 7.07. The Kier molecular flexibility index (Phi) is 4.99. The number of carbonyl (C=O) groups excluding carboxylic acids is 1. The van der Waals surface area contributed by atoms with Crippen molar-refractivity contribution in [2.24, 2.45) is 5.92 Å². The second kappa shape index (κ2) is 7.55. The van der Waals surface area contributed by atoms with Gasteiger partial charge < -0.3 is 15.0 Å². The smallest absolute Gasteiger partial charge is 0.240 e. The fourth-order valence-corrected chi connectivity index (χ4v) is 4.30. The van der Waals surface area contributed by atoms with E-state index < -0.39 is 0 Å². The zero-order chi connectivity index (χ0) is 17.9. The molecule has 2 N–H and O–H groups in total. The van der Waals surface area contributed by atoms with Crippen molar-refractivity contribution in [2.75, 3.05) is 6.61 Å². The van der Waals surface area contributed by atoms with E-state index in [4.69, 9.17) is 0 Å². The summed E-state index contributed by atoms with van der Waals surface area (Å²) in [5.41, 5.74) is 4.33. The Labute approximate surface area is 155 Å². The fraction of sp³-hybridized carbons (Fsp3) is 0.421. The third-order valence-corrected chi connectivity index (χ3v) is 5.69. The number of hydrogen-bond donors (Lipinski definition) is 2. The first-order valence-corrected chi connectivity index (χ1v) is 9.94. The standard InChI is InChI=1S/C19H22N4O2S/c24-10-13-5-1-2-6-14(13)21-18(25)9-23-17-8-4-3-7-15(17)22-19(23)16-11-26-12-20-16/h3-4,7-8,11-14,24H,1-2,5-6,9-10H2,(H,21,25)/t13-,14+/m1/s1. The molecule has 2 aromatic heterocycles. The largest absolute Gasteiger partial charge is 0.396 e. The molecule has 2 atom stereocenters. The van der Waals surface area contributed by atoms with Gasteiger partial charge in [0.25, 0.3) is 0 Å². The number of hydrogen-bond acceptors (Lipinski definition) is 5. The molecule has 0 bridgehead atoms. The Balaban J connectivity index is 1.60. The maximum absolute atomic E-state index is 12.7. The summed E-state index contributed by atoms with van der Waals surface area (Å²) >= 11 is 1.51.